The minimum atomic E-state index is -1.24. The summed E-state index contributed by atoms with van der Waals surface area (Å²) in [6.07, 6.45) is 6.27. The molecule has 1 rings (SSSR count). The highest BCUT2D eigenvalue weighted by atomic mass is 16.5. The Labute approximate surface area is 139 Å². The van der Waals surface area contributed by atoms with Crippen LogP contribution in [-0.4, -0.2) is 36.9 Å². The van der Waals surface area contributed by atoms with Gasteiger partial charge >= 0.3 is 11.9 Å². The maximum absolute atomic E-state index is 12.4. The summed E-state index contributed by atoms with van der Waals surface area (Å²) >= 11 is 0. The van der Waals surface area contributed by atoms with Gasteiger partial charge in [-0.3, -0.25) is 9.59 Å². The van der Waals surface area contributed by atoms with E-state index >= 15 is 0 Å². The van der Waals surface area contributed by atoms with Crippen LogP contribution in [-0.2, 0) is 19.1 Å². The SMILES string of the molecule is CCCCCCC[C@]1(O)C[C@](C)(C(=O)OC)C[C@@]1(C)C(=O)OC. The van der Waals surface area contributed by atoms with Crippen molar-refractivity contribution in [2.75, 3.05) is 14.2 Å². The topological polar surface area (TPSA) is 72.8 Å². The maximum atomic E-state index is 12.4. The van der Waals surface area contributed by atoms with Crippen LogP contribution < -0.4 is 0 Å². The number of hydrogen-bond acceptors (Lipinski definition) is 5. The van der Waals surface area contributed by atoms with E-state index in [0.29, 0.717) is 6.42 Å². The Balaban J connectivity index is 2.95. The lowest BCUT2D eigenvalue weighted by Crippen LogP contribution is -2.47. The van der Waals surface area contributed by atoms with Crippen molar-refractivity contribution in [1.29, 1.82) is 0 Å². The molecule has 5 nitrogen and oxygen atoms in total. The Morgan fingerprint density at radius 3 is 2.04 bits per heavy atom. The standard InChI is InChI=1S/C18H32O5/c1-6-7-8-9-10-11-18(21)13-16(2,14(19)22-4)12-17(18,3)15(20)23-5/h21H,6-13H2,1-5H3/t16-,17+,18+/m1/s1. The number of carbonyl (C=O) groups excluding carboxylic acids is 2. The smallest absolute Gasteiger partial charge is 0.314 e. The van der Waals surface area contributed by atoms with Gasteiger partial charge in [-0.05, 0) is 33.1 Å². The summed E-state index contributed by atoms with van der Waals surface area (Å²) in [5.41, 5.74) is -3.19. The van der Waals surface area contributed by atoms with Gasteiger partial charge in [0.25, 0.3) is 0 Å². The van der Waals surface area contributed by atoms with Crippen LogP contribution in [0.3, 0.4) is 0 Å². The Morgan fingerprint density at radius 1 is 0.957 bits per heavy atom. The summed E-state index contributed by atoms with van der Waals surface area (Å²) < 4.78 is 9.83. The predicted molar refractivity (Wildman–Crippen MR) is 87.8 cm³/mol. The third kappa shape index (κ3) is 3.87. The molecule has 134 valence electrons. The minimum Gasteiger partial charge on any atom is -0.469 e. The van der Waals surface area contributed by atoms with Gasteiger partial charge in [0.15, 0.2) is 0 Å². The normalized spacial score (nSPS) is 33.5. The largest absolute Gasteiger partial charge is 0.469 e. The molecule has 0 spiro atoms. The van der Waals surface area contributed by atoms with E-state index < -0.39 is 22.4 Å². The Morgan fingerprint density at radius 2 is 1.52 bits per heavy atom. The zero-order valence-electron chi connectivity index (χ0n) is 15.2. The molecular weight excluding hydrogens is 296 g/mol. The summed E-state index contributed by atoms with van der Waals surface area (Å²) in [6, 6.07) is 0. The van der Waals surface area contributed by atoms with Crippen molar-refractivity contribution in [2.24, 2.45) is 10.8 Å². The van der Waals surface area contributed by atoms with Crippen LogP contribution in [0.25, 0.3) is 0 Å². The second-order valence-electron chi connectivity index (χ2n) is 7.43. The van der Waals surface area contributed by atoms with Gasteiger partial charge in [-0.2, -0.15) is 0 Å². The number of unbranched alkanes of at least 4 members (excludes halogenated alkanes) is 4. The number of ether oxygens (including phenoxy) is 2. The molecule has 0 aromatic rings. The van der Waals surface area contributed by atoms with Crippen LogP contribution in [0.2, 0.25) is 0 Å². The fourth-order valence-electron chi connectivity index (χ4n) is 4.11. The van der Waals surface area contributed by atoms with E-state index in [2.05, 4.69) is 6.92 Å². The average molecular weight is 328 g/mol. The molecule has 0 aliphatic heterocycles. The number of rotatable bonds is 8. The van der Waals surface area contributed by atoms with Crippen LogP contribution in [0.5, 0.6) is 0 Å². The molecular formula is C18H32O5. The summed E-state index contributed by atoms with van der Waals surface area (Å²) in [6.45, 7) is 5.62. The molecule has 0 bridgehead atoms. The Bertz CT molecular complexity index is 435. The van der Waals surface area contributed by atoms with E-state index in [1.807, 2.05) is 0 Å². The summed E-state index contributed by atoms with van der Waals surface area (Å²) in [5.74, 6) is -0.837. The molecule has 0 saturated heterocycles. The molecule has 5 heteroatoms. The molecule has 0 amide bonds. The number of methoxy groups -OCH3 is 2. The first kappa shape index (κ1) is 19.9. The third-order valence-corrected chi connectivity index (χ3v) is 5.46. The van der Waals surface area contributed by atoms with E-state index in [0.717, 1.165) is 25.7 Å². The van der Waals surface area contributed by atoms with Crippen molar-refractivity contribution in [3.8, 4) is 0 Å². The van der Waals surface area contributed by atoms with Gasteiger partial charge in [0, 0.05) is 0 Å². The fraction of sp³-hybridized carbons (Fsp3) is 0.889. The first-order valence-corrected chi connectivity index (χ1v) is 8.58. The van der Waals surface area contributed by atoms with E-state index in [9.17, 15) is 14.7 Å². The molecule has 23 heavy (non-hydrogen) atoms. The van der Waals surface area contributed by atoms with Gasteiger partial charge in [0.1, 0.15) is 0 Å². The number of hydrogen-bond donors (Lipinski definition) is 1. The van der Waals surface area contributed by atoms with Crippen molar-refractivity contribution >= 4 is 11.9 Å². The molecule has 1 N–H and O–H groups in total. The lowest BCUT2D eigenvalue weighted by atomic mass is 9.73. The minimum absolute atomic E-state index is 0.228. The fourth-order valence-corrected chi connectivity index (χ4v) is 4.11. The van der Waals surface area contributed by atoms with Crippen molar-refractivity contribution in [3.05, 3.63) is 0 Å². The van der Waals surface area contributed by atoms with Crippen LogP contribution in [0.4, 0.5) is 0 Å². The zero-order valence-corrected chi connectivity index (χ0v) is 15.2. The lowest BCUT2D eigenvalue weighted by molar-refractivity contribution is -0.167. The summed E-state index contributed by atoms with van der Waals surface area (Å²) in [4.78, 5) is 24.5. The van der Waals surface area contributed by atoms with E-state index in [-0.39, 0.29) is 18.8 Å². The summed E-state index contributed by atoms with van der Waals surface area (Å²) in [7, 11) is 2.66. The van der Waals surface area contributed by atoms with Gasteiger partial charge in [0.05, 0.1) is 30.7 Å². The van der Waals surface area contributed by atoms with Crippen LogP contribution in [0.1, 0.15) is 72.1 Å². The van der Waals surface area contributed by atoms with Crippen LogP contribution in [0, 0.1) is 10.8 Å². The Hall–Kier alpha value is -1.10. The molecule has 1 aliphatic rings. The second-order valence-corrected chi connectivity index (χ2v) is 7.43. The first-order valence-electron chi connectivity index (χ1n) is 8.58. The first-order chi connectivity index (χ1) is 10.7. The van der Waals surface area contributed by atoms with Crippen molar-refractivity contribution in [1.82, 2.24) is 0 Å². The van der Waals surface area contributed by atoms with Crippen LogP contribution in [0.15, 0.2) is 0 Å². The molecule has 1 saturated carbocycles. The highest BCUT2D eigenvalue weighted by molar-refractivity contribution is 5.83. The number of aliphatic hydroxyl groups is 1. The summed E-state index contributed by atoms with van der Waals surface area (Å²) in [5, 5.41) is 11.2. The second kappa shape index (κ2) is 7.65. The molecule has 0 aromatic heterocycles. The molecule has 0 unspecified atom stereocenters. The predicted octanol–water partition coefficient (Wildman–Crippen LogP) is 3.23. The molecule has 1 fully saturated rings. The van der Waals surface area contributed by atoms with Crippen molar-refractivity contribution < 1.29 is 24.2 Å². The zero-order chi connectivity index (χ0) is 17.7. The quantitative estimate of drug-likeness (QED) is 0.547. The molecule has 3 atom stereocenters. The third-order valence-electron chi connectivity index (χ3n) is 5.46. The van der Waals surface area contributed by atoms with E-state index in [1.54, 1.807) is 13.8 Å². The average Bonchev–Trinajstić information content (AvgIpc) is 2.73. The van der Waals surface area contributed by atoms with Gasteiger partial charge < -0.3 is 14.6 Å². The highest BCUT2D eigenvalue weighted by Gasteiger charge is 2.65. The monoisotopic (exact) mass is 328 g/mol. The van der Waals surface area contributed by atoms with Crippen molar-refractivity contribution in [2.45, 2.75) is 77.7 Å². The van der Waals surface area contributed by atoms with Crippen molar-refractivity contribution in [3.63, 3.8) is 0 Å². The number of carbonyl (C=O) groups is 2. The van der Waals surface area contributed by atoms with Gasteiger partial charge in [-0.1, -0.05) is 39.0 Å². The molecule has 0 heterocycles. The Kier molecular flexibility index (Phi) is 6.63. The lowest BCUT2D eigenvalue weighted by Gasteiger charge is -2.37. The highest BCUT2D eigenvalue weighted by Crippen LogP contribution is 2.58. The van der Waals surface area contributed by atoms with Gasteiger partial charge in [-0.15, -0.1) is 0 Å². The van der Waals surface area contributed by atoms with E-state index in [1.165, 1.54) is 20.6 Å². The van der Waals surface area contributed by atoms with E-state index in [4.69, 9.17) is 9.47 Å². The molecule has 1 aliphatic carbocycles. The van der Waals surface area contributed by atoms with Crippen LogP contribution >= 0.6 is 0 Å². The molecule has 0 aromatic carbocycles. The molecule has 0 radical (unpaired) electrons. The number of esters is 2. The van der Waals surface area contributed by atoms with Gasteiger partial charge in [-0.25, -0.2) is 0 Å². The van der Waals surface area contributed by atoms with Gasteiger partial charge in [0.2, 0.25) is 0 Å². The maximum Gasteiger partial charge on any atom is 0.314 e.